The number of amides is 1. The number of carbonyl (C=O) groups excluding carboxylic acids is 1. The lowest BCUT2D eigenvalue weighted by molar-refractivity contribution is -0.0221. The first-order valence-electron chi connectivity index (χ1n) is 15.1. The van der Waals surface area contributed by atoms with Gasteiger partial charge < -0.3 is 20.2 Å². The molecule has 12 heteroatoms. The molecule has 1 saturated carbocycles. The van der Waals surface area contributed by atoms with E-state index < -0.39 is 34.2 Å². The molecule has 3 fully saturated rings. The molecule has 2 saturated heterocycles. The number of aliphatic hydroxyl groups excluding tert-OH is 1. The van der Waals surface area contributed by atoms with Gasteiger partial charge in [0.2, 0.25) is 10.0 Å². The Morgan fingerprint density at radius 3 is 2.23 bits per heavy atom. The van der Waals surface area contributed by atoms with E-state index in [4.69, 9.17) is 10.1 Å². The molecule has 0 radical (unpaired) electrons. The largest absolute Gasteiger partial charge is 0.395 e. The number of hydrogen-bond donors (Lipinski definition) is 3. The molecule has 9 nitrogen and oxygen atoms in total. The molecule has 3 heterocycles. The summed E-state index contributed by atoms with van der Waals surface area (Å²) in [4.78, 5) is 22.5. The van der Waals surface area contributed by atoms with E-state index in [0.717, 1.165) is 37.1 Å². The van der Waals surface area contributed by atoms with Crippen molar-refractivity contribution in [2.45, 2.75) is 44.4 Å². The standard InChI is InChI=1S/C32H37F2N5O4S/c33-32(34)14-18-39(19-15-32)29-25(23-4-2-1-3-5-23)8-9-28(35-29)36-30(41)26-7-6-24(37-44(42,43)21-20-40)22-27(26)38-16-12-31(10-11-31)13-17-38/h1-9,22,37,40H,10-21H2,(H,35,36,41). The zero-order chi connectivity index (χ0) is 31.0. The lowest BCUT2D eigenvalue weighted by Crippen LogP contribution is -2.40. The van der Waals surface area contributed by atoms with E-state index in [1.807, 2.05) is 41.3 Å². The lowest BCUT2D eigenvalue weighted by Gasteiger charge is -2.35. The van der Waals surface area contributed by atoms with Crippen LogP contribution < -0.4 is 19.8 Å². The van der Waals surface area contributed by atoms with E-state index in [1.165, 1.54) is 18.9 Å². The van der Waals surface area contributed by atoms with Crippen LogP contribution in [0.25, 0.3) is 11.1 Å². The van der Waals surface area contributed by atoms with Crippen LogP contribution in [0.3, 0.4) is 0 Å². The number of nitrogens with zero attached hydrogens (tertiary/aromatic N) is 3. The first-order valence-corrected chi connectivity index (χ1v) is 16.7. The maximum Gasteiger partial charge on any atom is 0.258 e. The molecule has 234 valence electrons. The zero-order valence-corrected chi connectivity index (χ0v) is 25.3. The summed E-state index contributed by atoms with van der Waals surface area (Å²) in [6, 6.07) is 17.9. The molecule has 1 spiro atoms. The first kappa shape index (κ1) is 30.3. The third-order valence-corrected chi connectivity index (χ3v) is 10.3. The average molecular weight is 626 g/mol. The van der Waals surface area contributed by atoms with Crippen LogP contribution in [0.4, 0.5) is 31.8 Å². The van der Waals surface area contributed by atoms with E-state index >= 15 is 0 Å². The summed E-state index contributed by atoms with van der Waals surface area (Å²) in [5, 5.41) is 12.0. The number of anilines is 4. The first-order chi connectivity index (χ1) is 21.1. The molecule has 1 aliphatic carbocycles. The second-order valence-electron chi connectivity index (χ2n) is 12.1. The highest BCUT2D eigenvalue weighted by Gasteiger charge is 2.44. The predicted octanol–water partition coefficient (Wildman–Crippen LogP) is 5.35. The molecule has 3 N–H and O–H groups in total. The van der Waals surface area contributed by atoms with Gasteiger partial charge in [-0.15, -0.1) is 0 Å². The summed E-state index contributed by atoms with van der Waals surface area (Å²) in [5.41, 5.74) is 3.38. The Kier molecular flexibility index (Phi) is 8.23. The van der Waals surface area contributed by atoms with Gasteiger partial charge in [-0.05, 0) is 67.0 Å². The van der Waals surface area contributed by atoms with Crippen molar-refractivity contribution in [2.24, 2.45) is 5.41 Å². The summed E-state index contributed by atoms with van der Waals surface area (Å²) in [7, 11) is -3.75. The van der Waals surface area contributed by atoms with E-state index in [0.29, 0.717) is 28.2 Å². The quantitative estimate of drug-likeness (QED) is 0.294. The van der Waals surface area contributed by atoms with Crippen molar-refractivity contribution >= 4 is 38.9 Å². The Morgan fingerprint density at radius 1 is 0.886 bits per heavy atom. The Labute approximate surface area is 256 Å². The number of aromatic nitrogens is 1. The summed E-state index contributed by atoms with van der Waals surface area (Å²) < 4.78 is 55.2. The van der Waals surface area contributed by atoms with Crippen molar-refractivity contribution in [2.75, 3.05) is 58.4 Å². The number of carbonyl (C=O) groups is 1. The minimum Gasteiger partial charge on any atom is -0.395 e. The summed E-state index contributed by atoms with van der Waals surface area (Å²) in [5.74, 6) is -2.73. The third kappa shape index (κ3) is 6.81. The molecule has 0 unspecified atom stereocenters. The number of halogens is 2. The number of piperidine rings is 2. The number of alkyl halides is 2. The van der Waals surface area contributed by atoms with Crippen molar-refractivity contribution in [3.63, 3.8) is 0 Å². The fourth-order valence-electron chi connectivity index (χ4n) is 6.13. The summed E-state index contributed by atoms with van der Waals surface area (Å²) >= 11 is 0. The summed E-state index contributed by atoms with van der Waals surface area (Å²) in [6.45, 7) is 1.29. The van der Waals surface area contributed by atoms with Crippen LogP contribution in [-0.2, 0) is 10.0 Å². The molecule has 1 amide bonds. The molecule has 0 bridgehead atoms. The number of nitrogens with one attached hydrogen (secondary N) is 2. The van der Waals surface area contributed by atoms with Crippen LogP contribution in [0.2, 0.25) is 0 Å². The molecule has 3 aliphatic rings. The Balaban J connectivity index is 1.30. The van der Waals surface area contributed by atoms with Crippen LogP contribution in [-0.4, -0.2) is 68.9 Å². The van der Waals surface area contributed by atoms with Gasteiger partial charge in [-0.1, -0.05) is 30.3 Å². The smallest absolute Gasteiger partial charge is 0.258 e. The highest BCUT2D eigenvalue weighted by molar-refractivity contribution is 7.92. The van der Waals surface area contributed by atoms with Gasteiger partial charge >= 0.3 is 0 Å². The van der Waals surface area contributed by atoms with Gasteiger partial charge in [-0.3, -0.25) is 9.52 Å². The van der Waals surface area contributed by atoms with Gasteiger partial charge in [0.15, 0.2) is 0 Å². The van der Waals surface area contributed by atoms with E-state index in [2.05, 4.69) is 14.9 Å². The molecular formula is C32H37F2N5O4S. The normalized spacial score (nSPS) is 19.1. The molecule has 2 aromatic carbocycles. The van der Waals surface area contributed by atoms with Crippen molar-refractivity contribution in [3.05, 3.63) is 66.2 Å². The molecule has 3 aromatic rings. The number of rotatable bonds is 9. The Morgan fingerprint density at radius 2 is 1.57 bits per heavy atom. The van der Waals surface area contributed by atoms with Crippen molar-refractivity contribution in [3.8, 4) is 11.1 Å². The molecule has 1 aromatic heterocycles. The zero-order valence-electron chi connectivity index (χ0n) is 24.4. The highest BCUT2D eigenvalue weighted by Crippen LogP contribution is 2.54. The van der Waals surface area contributed by atoms with Gasteiger partial charge in [0.1, 0.15) is 11.6 Å². The molecular weight excluding hydrogens is 588 g/mol. The minimum atomic E-state index is -3.75. The number of benzene rings is 2. The van der Waals surface area contributed by atoms with Gasteiger partial charge in [0.25, 0.3) is 11.8 Å². The average Bonchev–Trinajstić information content (AvgIpc) is 3.76. The Bertz CT molecular complexity index is 1610. The minimum absolute atomic E-state index is 0.144. The topological polar surface area (TPSA) is 115 Å². The van der Waals surface area contributed by atoms with Crippen LogP contribution >= 0.6 is 0 Å². The number of sulfonamides is 1. The van der Waals surface area contributed by atoms with Gasteiger partial charge in [-0.2, -0.15) is 0 Å². The van der Waals surface area contributed by atoms with Gasteiger partial charge in [-0.25, -0.2) is 22.2 Å². The van der Waals surface area contributed by atoms with Crippen LogP contribution in [0.5, 0.6) is 0 Å². The van der Waals surface area contributed by atoms with Crippen LogP contribution in [0.15, 0.2) is 60.7 Å². The lowest BCUT2D eigenvalue weighted by atomic mass is 9.93. The fraction of sp³-hybridized carbons (Fsp3) is 0.438. The molecule has 44 heavy (non-hydrogen) atoms. The second kappa shape index (κ2) is 12.0. The summed E-state index contributed by atoms with van der Waals surface area (Å²) in [6.07, 6.45) is 3.92. The monoisotopic (exact) mass is 625 g/mol. The maximum absolute atomic E-state index is 14.0. The van der Waals surface area contributed by atoms with E-state index in [-0.39, 0.29) is 31.7 Å². The van der Waals surface area contributed by atoms with E-state index in [1.54, 1.807) is 18.2 Å². The molecule has 6 rings (SSSR count). The number of hydrogen-bond acceptors (Lipinski definition) is 7. The SMILES string of the molecule is O=C(Nc1ccc(-c2ccccc2)c(N2CCC(F)(F)CC2)n1)c1ccc(NS(=O)(=O)CCO)cc1N1CCC2(CC1)CC2. The van der Waals surface area contributed by atoms with Crippen LogP contribution in [0.1, 0.15) is 48.9 Å². The molecule has 2 aliphatic heterocycles. The van der Waals surface area contributed by atoms with Crippen molar-refractivity contribution in [1.29, 1.82) is 0 Å². The van der Waals surface area contributed by atoms with Gasteiger partial charge in [0.05, 0.1) is 29.3 Å². The Hall–Kier alpha value is -3.77. The maximum atomic E-state index is 14.0. The molecule has 0 atom stereocenters. The van der Waals surface area contributed by atoms with Gasteiger partial charge in [0, 0.05) is 44.6 Å². The number of aliphatic hydroxyl groups is 1. The number of pyridine rings is 1. The fourth-order valence-corrected chi connectivity index (χ4v) is 6.96. The van der Waals surface area contributed by atoms with Crippen molar-refractivity contribution in [1.82, 2.24) is 4.98 Å². The van der Waals surface area contributed by atoms with E-state index in [9.17, 15) is 22.0 Å². The van der Waals surface area contributed by atoms with Crippen molar-refractivity contribution < 1.29 is 27.1 Å². The highest BCUT2D eigenvalue weighted by atomic mass is 32.2. The van der Waals surface area contributed by atoms with Crippen LogP contribution in [0, 0.1) is 5.41 Å². The third-order valence-electron chi connectivity index (χ3n) is 8.99. The predicted molar refractivity (Wildman–Crippen MR) is 168 cm³/mol. The second-order valence-corrected chi connectivity index (χ2v) is 13.9.